The number of carbonyl (C=O) groups is 1. The van der Waals surface area contributed by atoms with Gasteiger partial charge in [-0.15, -0.1) is 11.3 Å². The normalized spacial score (nSPS) is 11.1. The first-order chi connectivity index (χ1) is 11.4. The number of likely N-dealkylation sites (N-methyl/N-ethyl adjacent to an activating group) is 1. The van der Waals surface area contributed by atoms with Gasteiger partial charge in [-0.05, 0) is 39.1 Å². The second-order valence-corrected chi connectivity index (χ2v) is 6.81. The molecule has 0 bridgehead atoms. The van der Waals surface area contributed by atoms with E-state index < -0.39 is 5.82 Å². The smallest absolute Gasteiger partial charge is 0.234 e. The highest BCUT2D eigenvalue weighted by Crippen LogP contribution is 2.27. The molecule has 2 aromatic rings. The highest BCUT2D eigenvalue weighted by atomic mass is 32.1. The summed E-state index contributed by atoms with van der Waals surface area (Å²) >= 11 is 1.49. The summed E-state index contributed by atoms with van der Waals surface area (Å²) < 4.78 is 18.7. The van der Waals surface area contributed by atoms with E-state index >= 15 is 0 Å². The third-order valence-corrected chi connectivity index (χ3v) is 4.10. The molecule has 0 unspecified atom stereocenters. The van der Waals surface area contributed by atoms with Crippen molar-refractivity contribution in [3.8, 4) is 17.0 Å². The van der Waals surface area contributed by atoms with Gasteiger partial charge in [-0.3, -0.25) is 9.69 Å². The molecule has 0 spiro atoms. The number of methoxy groups -OCH3 is 1. The van der Waals surface area contributed by atoms with Crippen molar-refractivity contribution in [3.05, 3.63) is 34.4 Å². The Hall–Kier alpha value is -1.99. The van der Waals surface area contributed by atoms with Crippen LogP contribution in [0.1, 0.15) is 18.9 Å². The lowest BCUT2D eigenvalue weighted by Gasteiger charge is -2.16. The van der Waals surface area contributed by atoms with Gasteiger partial charge in [0.25, 0.3) is 0 Å². The number of ether oxygens (including phenoxy) is 1. The molecule has 0 radical (unpaired) electrons. The van der Waals surface area contributed by atoms with Crippen LogP contribution in [0.4, 0.5) is 4.39 Å². The van der Waals surface area contributed by atoms with Crippen molar-refractivity contribution in [1.82, 2.24) is 15.2 Å². The molecule has 1 N–H and O–H groups in total. The Labute approximate surface area is 145 Å². The molecule has 7 heteroatoms. The van der Waals surface area contributed by atoms with E-state index in [1.54, 1.807) is 12.1 Å². The van der Waals surface area contributed by atoms with Crippen LogP contribution in [-0.2, 0) is 11.3 Å². The van der Waals surface area contributed by atoms with Gasteiger partial charge in [-0.25, -0.2) is 9.37 Å². The van der Waals surface area contributed by atoms with E-state index in [1.165, 1.54) is 24.5 Å². The second kappa shape index (κ2) is 8.21. The number of nitrogens with zero attached hydrogens (tertiary/aromatic N) is 2. The summed E-state index contributed by atoms with van der Waals surface area (Å²) in [4.78, 5) is 18.2. The van der Waals surface area contributed by atoms with E-state index in [0.717, 1.165) is 10.7 Å². The molecule has 0 saturated carbocycles. The average molecular weight is 351 g/mol. The summed E-state index contributed by atoms with van der Waals surface area (Å²) in [7, 11) is 3.30. The average Bonchev–Trinajstić information content (AvgIpc) is 2.94. The first-order valence-corrected chi connectivity index (χ1v) is 8.53. The molecule has 0 aliphatic rings. The number of hydrogen-bond acceptors (Lipinski definition) is 5. The predicted molar refractivity (Wildman–Crippen MR) is 93.7 cm³/mol. The summed E-state index contributed by atoms with van der Waals surface area (Å²) in [6.45, 7) is 4.73. The van der Waals surface area contributed by atoms with Crippen LogP contribution in [-0.4, -0.2) is 42.5 Å². The van der Waals surface area contributed by atoms with Gasteiger partial charge in [0.15, 0.2) is 11.6 Å². The molecule has 24 heavy (non-hydrogen) atoms. The standard InChI is InChI=1S/C17H22FN3O2S/c1-11(2)19-16(22)8-21(3)9-17-20-14(10-24-17)12-5-6-15(23-4)13(18)7-12/h5-7,10-11H,8-9H2,1-4H3,(H,19,22). The molecule has 1 aromatic heterocycles. The van der Waals surface area contributed by atoms with Crippen LogP contribution >= 0.6 is 11.3 Å². The lowest BCUT2D eigenvalue weighted by molar-refractivity contribution is -0.122. The number of carbonyl (C=O) groups excluding carboxylic acids is 1. The second-order valence-electron chi connectivity index (χ2n) is 5.87. The zero-order valence-corrected chi connectivity index (χ0v) is 15.1. The third kappa shape index (κ3) is 5.01. The quantitative estimate of drug-likeness (QED) is 0.833. The zero-order chi connectivity index (χ0) is 17.7. The number of halogens is 1. The van der Waals surface area contributed by atoms with Gasteiger partial charge in [-0.2, -0.15) is 0 Å². The molecular formula is C17H22FN3O2S. The van der Waals surface area contributed by atoms with E-state index in [2.05, 4.69) is 10.3 Å². The molecule has 0 aliphatic carbocycles. The van der Waals surface area contributed by atoms with Crippen LogP contribution in [0.25, 0.3) is 11.3 Å². The highest BCUT2D eigenvalue weighted by molar-refractivity contribution is 7.09. The van der Waals surface area contributed by atoms with Crippen molar-refractivity contribution in [3.63, 3.8) is 0 Å². The summed E-state index contributed by atoms with van der Waals surface area (Å²) in [5, 5.41) is 5.62. The van der Waals surface area contributed by atoms with Gasteiger partial charge in [0.05, 0.1) is 25.9 Å². The number of amides is 1. The minimum atomic E-state index is -0.410. The van der Waals surface area contributed by atoms with Crippen molar-refractivity contribution in [2.75, 3.05) is 20.7 Å². The molecular weight excluding hydrogens is 329 g/mol. The van der Waals surface area contributed by atoms with E-state index in [9.17, 15) is 9.18 Å². The topological polar surface area (TPSA) is 54.5 Å². The van der Waals surface area contributed by atoms with Crippen LogP contribution in [0.2, 0.25) is 0 Å². The molecule has 0 aliphatic heterocycles. The van der Waals surface area contributed by atoms with Gasteiger partial charge in [0.2, 0.25) is 5.91 Å². The molecule has 0 saturated heterocycles. The first kappa shape index (κ1) is 18.4. The van der Waals surface area contributed by atoms with E-state index in [1.807, 2.05) is 31.2 Å². The lowest BCUT2D eigenvalue weighted by Crippen LogP contribution is -2.38. The van der Waals surface area contributed by atoms with Crippen LogP contribution in [0.15, 0.2) is 23.6 Å². The van der Waals surface area contributed by atoms with Crippen LogP contribution < -0.4 is 10.1 Å². The minimum absolute atomic E-state index is 0.0125. The number of aromatic nitrogens is 1. The molecule has 130 valence electrons. The van der Waals surface area contributed by atoms with E-state index in [0.29, 0.717) is 18.7 Å². The molecule has 2 rings (SSSR count). The van der Waals surface area contributed by atoms with Gasteiger partial charge in [-0.1, -0.05) is 0 Å². The molecule has 1 amide bonds. The van der Waals surface area contributed by atoms with Gasteiger partial charge >= 0.3 is 0 Å². The lowest BCUT2D eigenvalue weighted by atomic mass is 10.1. The first-order valence-electron chi connectivity index (χ1n) is 7.65. The van der Waals surface area contributed by atoms with Gasteiger partial charge < -0.3 is 10.1 Å². The summed E-state index contributed by atoms with van der Waals surface area (Å²) in [6.07, 6.45) is 0. The van der Waals surface area contributed by atoms with Crippen molar-refractivity contribution >= 4 is 17.2 Å². The summed E-state index contributed by atoms with van der Waals surface area (Å²) in [5.41, 5.74) is 1.42. The largest absolute Gasteiger partial charge is 0.494 e. The van der Waals surface area contributed by atoms with Gasteiger partial charge in [0, 0.05) is 17.0 Å². The predicted octanol–water partition coefficient (Wildman–Crippen LogP) is 2.91. The molecule has 0 fully saturated rings. The Bertz CT molecular complexity index is 703. The Morgan fingerprint density at radius 1 is 1.46 bits per heavy atom. The summed E-state index contributed by atoms with van der Waals surface area (Å²) in [5.74, 6) is -0.210. The number of hydrogen-bond donors (Lipinski definition) is 1. The van der Waals surface area contributed by atoms with Crippen LogP contribution in [0.5, 0.6) is 5.75 Å². The molecule has 1 aromatic carbocycles. The maximum absolute atomic E-state index is 13.8. The van der Waals surface area contributed by atoms with Crippen molar-refractivity contribution in [1.29, 1.82) is 0 Å². The van der Waals surface area contributed by atoms with Crippen LogP contribution in [0, 0.1) is 5.82 Å². The fourth-order valence-electron chi connectivity index (χ4n) is 2.24. The highest BCUT2D eigenvalue weighted by Gasteiger charge is 2.12. The summed E-state index contributed by atoms with van der Waals surface area (Å²) in [6, 6.07) is 4.91. The van der Waals surface area contributed by atoms with Crippen LogP contribution in [0.3, 0.4) is 0 Å². The maximum Gasteiger partial charge on any atom is 0.234 e. The number of rotatable bonds is 7. The third-order valence-electron chi connectivity index (χ3n) is 3.27. The molecule has 5 nitrogen and oxygen atoms in total. The van der Waals surface area contributed by atoms with E-state index in [4.69, 9.17) is 4.74 Å². The van der Waals surface area contributed by atoms with Crippen molar-refractivity contribution < 1.29 is 13.9 Å². The minimum Gasteiger partial charge on any atom is -0.494 e. The number of nitrogens with one attached hydrogen (secondary N) is 1. The molecule has 0 atom stereocenters. The maximum atomic E-state index is 13.8. The number of benzene rings is 1. The van der Waals surface area contributed by atoms with Crippen molar-refractivity contribution in [2.45, 2.75) is 26.4 Å². The van der Waals surface area contributed by atoms with Gasteiger partial charge in [0.1, 0.15) is 5.01 Å². The Kier molecular flexibility index (Phi) is 6.28. The SMILES string of the molecule is COc1ccc(-c2csc(CN(C)CC(=O)NC(C)C)n2)cc1F. The van der Waals surface area contributed by atoms with Crippen molar-refractivity contribution in [2.24, 2.45) is 0 Å². The fraction of sp³-hybridized carbons (Fsp3) is 0.412. The number of thiazole rings is 1. The zero-order valence-electron chi connectivity index (χ0n) is 14.3. The Morgan fingerprint density at radius 3 is 2.83 bits per heavy atom. The fourth-order valence-corrected chi connectivity index (χ4v) is 3.12. The van der Waals surface area contributed by atoms with E-state index in [-0.39, 0.29) is 17.7 Å². The Morgan fingerprint density at radius 2 is 2.21 bits per heavy atom. The Balaban J connectivity index is 2.00. The monoisotopic (exact) mass is 351 g/mol. The molecule has 1 heterocycles.